The first-order valence-corrected chi connectivity index (χ1v) is 7.02. The lowest BCUT2D eigenvalue weighted by molar-refractivity contribution is 0.102. The molecule has 0 unspecified atom stereocenters. The summed E-state index contributed by atoms with van der Waals surface area (Å²) >= 11 is 6.80. The number of carbonyl (C=O) groups excluding carboxylic acids is 1. The zero-order chi connectivity index (χ0) is 13.8. The highest BCUT2D eigenvalue weighted by Crippen LogP contribution is 2.30. The summed E-state index contributed by atoms with van der Waals surface area (Å²) in [5.41, 5.74) is 4.52. The highest BCUT2D eigenvalue weighted by molar-refractivity contribution is 9.11. The number of nitrogens with two attached hydrogens (primary N) is 1. The highest BCUT2D eigenvalue weighted by Gasteiger charge is 2.10. The molecule has 4 nitrogen and oxygen atoms in total. The van der Waals surface area contributed by atoms with Crippen LogP contribution in [0.25, 0.3) is 0 Å². The maximum absolute atomic E-state index is 12.1. The summed E-state index contributed by atoms with van der Waals surface area (Å²) < 4.78 is 1.63. The number of hydrogen-bond acceptors (Lipinski definition) is 3. The standard InChI is InChI=1S/C13H11Br2N3O/c14-10-2-1-3-11(15)12(10)17-13(19)8-4-6-9(18-16)7-5-8/h1-7,18H,16H2,(H,17,19). The molecule has 0 atom stereocenters. The molecule has 0 radical (unpaired) electrons. The van der Waals surface area contributed by atoms with E-state index in [0.29, 0.717) is 11.3 Å². The summed E-state index contributed by atoms with van der Waals surface area (Å²) in [5, 5.41) is 2.85. The Bertz CT molecular complexity index is 579. The Labute approximate surface area is 127 Å². The summed E-state index contributed by atoms with van der Waals surface area (Å²) in [5.74, 6) is 5.09. The van der Waals surface area contributed by atoms with Crippen LogP contribution in [-0.2, 0) is 0 Å². The number of anilines is 2. The Kier molecular flexibility index (Phi) is 4.57. The van der Waals surface area contributed by atoms with Crippen LogP contribution in [0.15, 0.2) is 51.4 Å². The molecule has 0 aliphatic carbocycles. The van der Waals surface area contributed by atoms with Gasteiger partial charge in [0.05, 0.1) is 5.69 Å². The van der Waals surface area contributed by atoms with Gasteiger partial charge in [0, 0.05) is 20.2 Å². The average Bonchev–Trinajstić information content (AvgIpc) is 2.43. The molecule has 4 N–H and O–H groups in total. The molecule has 0 saturated heterocycles. The molecule has 0 spiro atoms. The minimum absolute atomic E-state index is 0.184. The van der Waals surface area contributed by atoms with Crippen LogP contribution in [0, 0.1) is 0 Å². The van der Waals surface area contributed by atoms with E-state index in [2.05, 4.69) is 42.6 Å². The number of amides is 1. The fourth-order valence-electron chi connectivity index (χ4n) is 1.52. The van der Waals surface area contributed by atoms with Crippen molar-refractivity contribution < 1.29 is 4.79 Å². The number of halogens is 2. The van der Waals surface area contributed by atoms with E-state index >= 15 is 0 Å². The van der Waals surface area contributed by atoms with E-state index < -0.39 is 0 Å². The number of hydrazine groups is 1. The molecular formula is C13H11Br2N3O. The van der Waals surface area contributed by atoms with Crippen molar-refractivity contribution in [2.45, 2.75) is 0 Å². The van der Waals surface area contributed by atoms with Gasteiger partial charge in [-0.25, -0.2) is 0 Å². The lowest BCUT2D eigenvalue weighted by Gasteiger charge is -2.10. The number of nitrogen functional groups attached to an aromatic ring is 1. The van der Waals surface area contributed by atoms with Crippen molar-refractivity contribution in [1.82, 2.24) is 0 Å². The van der Waals surface area contributed by atoms with E-state index in [1.54, 1.807) is 24.3 Å². The molecule has 98 valence electrons. The zero-order valence-electron chi connectivity index (χ0n) is 9.78. The first kappa shape index (κ1) is 14.0. The van der Waals surface area contributed by atoms with Crippen molar-refractivity contribution in [2.75, 3.05) is 10.7 Å². The zero-order valence-corrected chi connectivity index (χ0v) is 13.0. The maximum Gasteiger partial charge on any atom is 0.255 e. The van der Waals surface area contributed by atoms with Gasteiger partial charge in [-0.3, -0.25) is 10.6 Å². The van der Waals surface area contributed by atoms with E-state index in [4.69, 9.17) is 5.84 Å². The fourth-order valence-corrected chi connectivity index (χ4v) is 2.72. The van der Waals surface area contributed by atoms with E-state index in [1.165, 1.54) is 0 Å². The molecule has 19 heavy (non-hydrogen) atoms. The van der Waals surface area contributed by atoms with Gasteiger partial charge < -0.3 is 10.7 Å². The lowest BCUT2D eigenvalue weighted by atomic mass is 10.2. The van der Waals surface area contributed by atoms with Gasteiger partial charge in [0.15, 0.2) is 0 Å². The van der Waals surface area contributed by atoms with Crippen LogP contribution in [0.2, 0.25) is 0 Å². The van der Waals surface area contributed by atoms with E-state index in [0.717, 1.165) is 14.6 Å². The van der Waals surface area contributed by atoms with Gasteiger partial charge in [0.25, 0.3) is 5.91 Å². The Balaban J connectivity index is 2.20. The van der Waals surface area contributed by atoms with Gasteiger partial charge in [-0.05, 0) is 68.3 Å². The third-order valence-electron chi connectivity index (χ3n) is 2.52. The topological polar surface area (TPSA) is 67.1 Å². The van der Waals surface area contributed by atoms with Crippen molar-refractivity contribution in [2.24, 2.45) is 5.84 Å². The molecule has 0 fully saturated rings. The SMILES string of the molecule is NNc1ccc(C(=O)Nc2c(Br)cccc2Br)cc1. The van der Waals surface area contributed by atoms with Crippen LogP contribution in [0.4, 0.5) is 11.4 Å². The highest BCUT2D eigenvalue weighted by atomic mass is 79.9. The lowest BCUT2D eigenvalue weighted by Crippen LogP contribution is -2.13. The molecule has 0 saturated carbocycles. The molecule has 0 bridgehead atoms. The van der Waals surface area contributed by atoms with Gasteiger partial charge in [-0.1, -0.05) is 6.07 Å². The number of benzene rings is 2. The van der Waals surface area contributed by atoms with Gasteiger partial charge in [-0.15, -0.1) is 0 Å². The van der Waals surface area contributed by atoms with Crippen molar-refractivity contribution in [1.29, 1.82) is 0 Å². The molecule has 0 aromatic heterocycles. The number of nitrogens with one attached hydrogen (secondary N) is 2. The second-order valence-electron chi connectivity index (χ2n) is 3.77. The minimum atomic E-state index is -0.184. The van der Waals surface area contributed by atoms with Crippen molar-refractivity contribution in [3.8, 4) is 0 Å². The quantitative estimate of drug-likeness (QED) is 0.557. The predicted molar refractivity (Wildman–Crippen MR) is 84.0 cm³/mol. The number of para-hydroxylation sites is 1. The fraction of sp³-hybridized carbons (Fsp3) is 0. The average molecular weight is 385 g/mol. The van der Waals surface area contributed by atoms with Crippen LogP contribution < -0.4 is 16.6 Å². The summed E-state index contributed by atoms with van der Waals surface area (Å²) in [4.78, 5) is 12.1. The summed E-state index contributed by atoms with van der Waals surface area (Å²) in [6.07, 6.45) is 0. The summed E-state index contributed by atoms with van der Waals surface area (Å²) in [6, 6.07) is 12.5. The maximum atomic E-state index is 12.1. The third kappa shape index (κ3) is 3.34. The summed E-state index contributed by atoms with van der Waals surface area (Å²) in [6.45, 7) is 0. The Morgan fingerprint density at radius 3 is 2.11 bits per heavy atom. The van der Waals surface area contributed by atoms with E-state index in [9.17, 15) is 4.79 Å². The van der Waals surface area contributed by atoms with E-state index in [1.807, 2.05) is 18.2 Å². The molecule has 0 heterocycles. The Hall–Kier alpha value is -1.37. The Morgan fingerprint density at radius 1 is 1.00 bits per heavy atom. The first-order valence-electron chi connectivity index (χ1n) is 5.44. The second kappa shape index (κ2) is 6.18. The van der Waals surface area contributed by atoms with Crippen LogP contribution in [0.3, 0.4) is 0 Å². The molecule has 1 amide bonds. The molecular weight excluding hydrogens is 374 g/mol. The van der Waals surface area contributed by atoms with Crippen LogP contribution in [0.1, 0.15) is 10.4 Å². The molecule has 6 heteroatoms. The van der Waals surface area contributed by atoms with E-state index in [-0.39, 0.29) is 5.91 Å². The summed E-state index contributed by atoms with van der Waals surface area (Å²) in [7, 11) is 0. The third-order valence-corrected chi connectivity index (χ3v) is 3.84. The monoisotopic (exact) mass is 383 g/mol. The number of carbonyl (C=O) groups is 1. The smallest absolute Gasteiger partial charge is 0.255 e. The van der Waals surface area contributed by atoms with Crippen molar-refractivity contribution in [3.63, 3.8) is 0 Å². The molecule has 2 rings (SSSR count). The molecule has 2 aromatic carbocycles. The number of hydrogen-bond donors (Lipinski definition) is 3. The number of rotatable bonds is 3. The van der Waals surface area contributed by atoms with Gasteiger partial charge in [0.2, 0.25) is 0 Å². The van der Waals surface area contributed by atoms with Gasteiger partial charge >= 0.3 is 0 Å². The van der Waals surface area contributed by atoms with Crippen LogP contribution >= 0.6 is 31.9 Å². The predicted octanol–water partition coefficient (Wildman–Crippen LogP) is 3.75. The molecule has 0 aliphatic heterocycles. The van der Waals surface area contributed by atoms with Crippen LogP contribution in [-0.4, -0.2) is 5.91 Å². The Morgan fingerprint density at radius 2 is 1.58 bits per heavy atom. The molecule has 0 aliphatic rings. The largest absolute Gasteiger partial charge is 0.324 e. The normalized spacial score (nSPS) is 10.1. The van der Waals surface area contributed by atoms with Gasteiger partial charge in [0.1, 0.15) is 0 Å². The van der Waals surface area contributed by atoms with Crippen molar-refractivity contribution >= 4 is 49.1 Å². The molecule has 2 aromatic rings. The minimum Gasteiger partial charge on any atom is -0.324 e. The van der Waals surface area contributed by atoms with Gasteiger partial charge in [-0.2, -0.15) is 0 Å². The van der Waals surface area contributed by atoms with Crippen LogP contribution in [0.5, 0.6) is 0 Å². The second-order valence-corrected chi connectivity index (χ2v) is 5.48. The van der Waals surface area contributed by atoms with Crippen molar-refractivity contribution in [3.05, 3.63) is 57.0 Å². The first-order chi connectivity index (χ1) is 9.11.